The maximum atomic E-state index is 11.8. The Kier molecular flexibility index (Phi) is 4.04. The molecule has 0 heterocycles. The van der Waals surface area contributed by atoms with Crippen LogP contribution in [0.5, 0.6) is 0 Å². The molecule has 3 amide bonds. The first-order valence-electron chi connectivity index (χ1n) is 4.65. The largest absolute Gasteiger partial charge is 0.480 e. The molecule has 0 unspecified atom stereocenters. The van der Waals surface area contributed by atoms with E-state index in [1.54, 1.807) is 18.2 Å². The maximum absolute atomic E-state index is 11.8. The fourth-order valence-corrected chi connectivity index (χ4v) is 1.17. The molecule has 0 spiro atoms. The van der Waals surface area contributed by atoms with Gasteiger partial charge in [-0.1, -0.05) is 18.2 Å². The number of rotatable bonds is 3. The standard InChI is InChI=1S/C10H11N3O4/c11-10(17)12-13(6-8(14)15)9(16)7-4-2-1-3-5-7/h1-5H,6H2,(H,14,15)(H3,11,12,17). The van der Waals surface area contributed by atoms with Crippen LogP contribution in [-0.4, -0.2) is 34.6 Å². The molecule has 4 N–H and O–H groups in total. The molecule has 0 saturated carbocycles. The van der Waals surface area contributed by atoms with Gasteiger partial charge in [0.1, 0.15) is 6.54 Å². The van der Waals surface area contributed by atoms with E-state index in [-0.39, 0.29) is 5.56 Å². The molecule has 1 rings (SSSR count). The van der Waals surface area contributed by atoms with Gasteiger partial charge >= 0.3 is 12.0 Å². The molecule has 0 aliphatic rings. The van der Waals surface area contributed by atoms with Gasteiger partial charge in [-0.2, -0.15) is 0 Å². The number of hydrazine groups is 1. The summed E-state index contributed by atoms with van der Waals surface area (Å²) in [6.45, 7) is -0.670. The van der Waals surface area contributed by atoms with Gasteiger partial charge in [0.2, 0.25) is 0 Å². The highest BCUT2D eigenvalue weighted by atomic mass is 16.4. The van der Waals surface area contributed by atoms with Crippen LogP contribution in [0.4, 0.5) is 4.79 Å². The topological polar surface area (TPSA) is 113 Å². The van der Waals surface area contributed by atoms with Crippen molar-refractivity contribution in [2.24, 2.45) is 5.73 Å². The number of nitrogens with one attached hydrogen (secondary N) is 1. The van der Waals surface area contributed by atoms with Crippen molar-refractivity contribution in [1.29, 1.82) is 0 Å². The number of hydrogen-bond acceptors (Lipinski definition) is 3. The summed E-state index contributed by atoms with van der Waals surface area (Å²) in [6.07, 6.45) is 0. The van der Waals surface area contributed by atoms with E-state index in [1.165, 1.54) is 12.1 Å². The second-order valence-electron chi connectivity index (χ2n) is 3.13. The molecule has 0 fully saturated rings. The summed E-state index contributed by atoms with van der Waals surface area (Å²) in [4.78, 5) is 33.0. The van der Waals surface area contributed by atoms with Gasteiger partial charge < -0.3 is 10.8 Å². The van der Waals surface area contributed by atoms with E-state index in [9.17, 15) is 14.4 Å². The predicted molar refractivity (Wildman–Crippen MR) is 57.8 cm³/mol. The first kappa shape index (κ1) is 12.5. The molecule has 0 atom stereocenters. The number of carbonyl (C=O) groups is 3. The van der Waals surface area contributed by atoms with Gasteiger partial charge in [-0.05, 0) is 12.1 Å². The van der Waals surface area contributed by atoms with Crippen LogP contribution in [0.15, 0.2) is 30.3 Å². The SMILES string of the molecule is NC(=O)NN(CC(=O)O)C(=O)c1ccccc1. The van der Waals surface area contributed by atoms with Crippen LogP contribution < -0.4 is 11.2 Å². The molecule has 1 aromatic rings. The second kappa shape index (κ2) is 5.50. The Morgan fingerprint density at radius 3 is 2.29 bits per heavy atom. The van der Waals surface area contributed by atoms with Crippen LogP contribution in [0.25, 0.3) is 0 Å². The highest BCUT2D eigenvalue weighted by Crippen LogP contribution is 2.02. The number of carboxylic acid groups (broad SMARTS) is 1. The average Bonchev–Trinajstić information content (AvgIpc) is 2.27. The number of amides is 3. The maximum Gasteiger partial charge on any atom is 0.331 e. The van der Waals surface area contributed by atoms with E-state index in [4.69, 9.17) is 10.8 Å². The predicted octanol–water partition coefficient (Wildman–Crippen LogP) is -0.203. The van der Waals surface area contributed by atoms with Crippen LogP contribution >= 0.6 is 0 Å². The van der Waals surface area contributed by atoms with Crippen molar-refractivity contribution < 1.29 is 19.5 Å². The third-order valence-corrected chi connectivity index (χ3v) is 1.80. The summed E-state index contributed by atoms with van der Waals surface area (Å²) < 4.78 is 0. The Bertz CT molecular complexity index is 416. The number of carboxylic acids is 1. The first-order valence-corrected chi connectivity index (χ1v) is 4.65. The zero-order valence-corrected chi connectivity index (χ0v) is 8.79. The van der Waals surface area contributed by atoms with Crippen LogP contribution in [0.3, 0.4) is 0 Å². The zero-order valence-electron chi connectivity index (χ0n) is 8.79. The third-order valence-electron chi connectivity index (χ3n) is 1.80. The van der Waals surface area contributed by atoms with E-state index in [2.05, 4.69) is 0 Å². The first-order chi connectivity index (χ1) is 8.00. The van der Waals surface area contributed by atoms with Crippen molar-refractivity contribution in [3.05, 3.63) is 35.9 Å². The molecule has 0 saturated heterocycles. The van der Waals surface area contributed by atoms with E-state index >= 15 is 0 Å². The van der Waals surface area contributed by atoms with Crippen molar-refractivity contribution in [1.82, 2.24) is 10.4 Å². The van der Waals surface area contributed by atoms with Crippen LogP contribution in [0, 0.1) is 0 Å². The molecule has 0 aromatic heterocycles. The lowest BCUT2D eigenvalue weighted by Crippen LogP contribution is -2.50. The number of urea groups is 1. The van der Waals surface area contributed by atoms with Gasteiger partial charge in [-0.3, -0.25) is 9.59 Å². The number of primary amides is 1. The Morgan fingerprint density at radius 1 is 1.24 bits per heavy atom. The van der Waals surface area contributed by atoms with Crippen molar-refractivity contribution in [2.45, 2.75) is 0 Å². The monoisotopic (exact) mass is 237 g/mol. The van der Waals surface area contributed by atoms with E-state index in [0.717, 1.165) is 0 Å². The van der Waals surface area contributed by atoms with Gasteiger partial charge in [-0.25, -0.2) is 15.2 Å². The Morgan fingerprint density at radius 2 is 1.82 bits per heavy atom. The number of benzene rings is 1. The fraction of sp³-hybridized carbons (Fsp3) is 0.100. The van der Waals surface area contributed by atoms with Crippen molar-refractivity contribution >= 4 is 17.9 Å². The van der Waals surface area contributed by atoms with E-state index in [0.29, 0.717) is 5.01 Å². The molecule has 0 radical (unpaired) electrons. The molecule has 7 nitrogen and oxygen atoms in total. The molecule has 0 aliphatic heterocycles. The van der Waals surface area contributed by atoms with E-state index in [1.807, 2.05) is 5.43 Å². The summed E-state index contributed by atoms with van der Waals surface area (Å²) in [5.41, 5.74) is 7.05. The van der Waals surface area contributed by atoms with Gasteiger partial charge in [0.05, 0.1) is 0 Å². The summed E-state index contributed by atoms with van der Waals surface area (Å²) in [5.74, 6) is -1.91. The van der Waals surface area contributed by atoms with Gasteiger partial charge in [0.15, 0.2) is 0 Å². The average molecular weight is 237 g/mol. The summed E-state index contributed by atoms with van der Waals surface area (Å²) >= 11 is 0. The van der Waals surface area contributed by atoms with Crippen molar-refractivity contribution in [3.63, 3.8) is 0 Å². The number of carbonyl (C=O) groups excluding carboxylic acids is 2. The molecule has 1 aromatic carbocycles. The lowest BCUT2D eigenvalue weighted by molar-refractivity contribution is -0.138. The van der Waals surface area contributed by atoms with Crippen LogP contribution in [-0.2, 0) is 4.79 Å². The summed E-state index contributed by atoms with van der Waals surface area (Å²) in [7, 11) is 0. The third kappa shape index (κ3) is 3.82. The van der Waals surface area contributed by atoms with Crippen molar-refractivity contribution in [3.8, 4) is 0 Å². The van der Waals surface area contributed by atoms with Crippen LogP contribution in [0.2, 0.25) is 0 Å². The van der Waals surface area contributed by atoms with Gasteiger partial charge in [0.25, 0.3) is 5.91 Å². The number of nitrogens with zero attached hydrogens (tertiary/aromatic N) is 1. The molecule has 90 valence electrons. The Balaban J connectivity index is 2.86. The highest BCUT2D eigenvalue weighted by molar-refractivity contribution is 5.96. The molecule has 0 bridgehead atoms. The number of hydrogen-bond donors (Lipinski definition) is 3. The lowest BCUT2D eigenvalue weighted by atomic mass is 10.2. The van der Waals surface area contributed by atoms with Gasteiger partial charge in [-0.15, -0.1) is 0 Å². The van der Waals surface area contributed by atoms with Crippen LogP contribution in [0.1, 0.15) is 10.4 Å². The normalized spacial score (nSPS) is 9.41. The van der Waals surface area contributed by atoms with Crippen molar-refractivity contribution in [2.75, 3.05) is 6.54 Å². The minimum atomic E-state index is -1.26. The minimum Gasteiger partial charge on any atom is -0.480 e. The molecular weight excluding hydrogens is 226 g/mol. The number of aliphatic carboxylic acids is 1. The Labute approximate surface area is 96.8 Å². The molecule has 0 aliphatic carbocycles. The summed E-state index contributed by atoms with van der Waals surface area (Å²) in [5, 5.41) is 9.25. The van der Waals surface area contributed by atoms with E-state index < -0.39 is 24.5 Å². The lowest BCUT2D eigenvalue weighted by Gasteiger charge is -2.20. The van der Waals surface area contributed by atoms with Gasteiger partial charge in [0, 0.05) is 5.56 Å². The smallest absolute Gasteiger partial charge is 0.331 e. The minimum absolute atomic E-state index is 0.252. The zero-order chi connectivity index (χ0) is 12.8. The highest BCUT2D eigenvalue weighted by Gasteiger charge is 2.19. The quantitative estimate of drug-likeness (QED) is 0.631. The number of nitrogens with two attached hydrogens (primary N) is 1. The molecular formula is C10H11N3O4. The summed E-state index contributed by atoms with van der Waals surface area (Å²) in [6, 6.07) is 6.95. The molecule has 7 heteroatoms. The Hall–Kier alpha value is -2.57. The fourth-order valence-electron chi connectivity index (χ4n) is 1.17. The second-order valence-corrected chi connectivity index (χ2v) is 3.13. The molecule has 17 heavy (non-hydrogen) atoms.